The van der Waals surface area contributed by atoms with Crippen LogP contribution in [0.25, 0.3) is 5.82 Å². The number of rotatable bonds is 3. The molecule has 0 atom stereocenters. The molecule has 0 unspecified atom stereocenters. The molecule has 2 aromatic rings. The highest BCUT2D eigenvalue weighted by molar-refractivity contribution is 5.87. The number of carboxylic acids is 1. The van der Waals surface area contributed by atoms with Gasteiger partial charge in [-0.05, 0) is 19.1 Å². The second kappa shape index (κ2) is 4.17. The topological polar surface area (TPSA) is 85.1 Å². The first kappa shape index (κ1) is 11.0. The number of carboxylic acid groups (broad SMARTS) is 1. The van der Waals surface area contributed by atoms with Crippen LogP contribution in [0.1, 0.15) is 26.4 Å². The van der Waals surface area contributed by atoms with Crippen molar-refractivity contribution >= 4 is 12.3 Å². The monoisotopic (exact) mass is 231 g/mol. The maximum absolute atomic E-state index is 10.7. The summed E-state index contributed by atoms with van der Waals surface area (Å²) in [5, 5.41) is 12.8. The average molecular weight is 231 g/mol. The molecule has 0 radical (unpaired) electrons. The van der Waals surface area contributed by atoms with Crippen molar-refractivity contribution in [1.29, 1.82) is 0 Å². The summed E-state index contributed by atoms with van der Waals surface area (Å²) in [6.45, 7) is 1.71. The minimum Gasteiger partial charge on any atom is -0.478 e. The fourth-order valence-corrected chi connectivity index (χ4v) is 1.35. The Morgan fingerprint density at radius 2 is 2.24 bits per heavy atom. The van der Waals surface area contributed by atoms with Gasteiger partial charge in [-0.2, -0.15) is 5.10 Å². The van der Waals surface area contributed by atoms with Crippen molar-refractivity contribution < 1.29 is 14.7 Å². The molecule has 6 nitrogen and oxygen atoms in total. The van der Waals surface area contributed by atoms with Crippen LogP contribution in [-0.4, -0.2) is 32.1 Å². The van der Waals surface area contributed by atoms with Gasteiger partial charge in [-0.3, -0.25) is 4.79 Å². The third-order valence-electron chi connectivity index (χ3n) is 2.29. The molecule has 2 rings (SSSR count). The van der Waals surface area contributed by atoms with Crippen LogP contribution in [0.2, 0.25) is 0 Å². The normalized spacial score (nSPS) is 10.2. The molecule has 0 amide bonds. The summed E-state index contributed by atoms with van der Waals surface area (Å²) in [4.78, 5) is 25.3. The lowest BCUT2D eigenvalue weighted by molar-refractivity contribution is 0.0696. The van der Waals surface area contributed by atoms with E-state index in [0.29, 0.717) is 23.4 Å². The van der Waals surface area contributed by atoms with Gasteiger partial charge in [-0.1, -0.05) is 0 Å². The van der Waals surface area contributed by atoms with Crippen LogP contribution in [0.3, 0.4) is 0 Å². The van der Waals surface area contributed by atoms with Crippen molar-refractivity contribution in [3.05, 3.63) is 41.3 Å². The standard InChI is InChI=1S/C11H9N3O3/c1-7-9(6-15)5-14(13-7)10-3-2-8(4-12-10)11(16)17/h2-6H,1H3,(H,16,17). The lowest BCUT2D eigenvalue weighted by atomic mass is 10.3. The molecule has 86 valence electrons. The van der Waals surface area contributed by atoms with Crippen LogP contribution in [0.4, 0.5) is 0 Å². The molecule has 0 saturated carbocycles. The van der Waals surface area contributed by atoms with Crippen molar-refractivity contribution in [2.75, 3.05) is 0 Å². The molecule has 17 heavy (non-hydrogen) atoms. The van der Waals surface area contributed by atoms with E-state index in [0.717, 1.165) is 0 Å². The summed E-state index contributed by atoms with van der Waals surface area (Å²) in [7, 11) is 0. The van der Waals surface area contributed by atoms with Gasteiger partial charge in [0.1, 0.15) is 0 Å². The van der Waals surface area contributed by atoms with E-state index in [2.05, 4.69) is 10.1 Å². The first-order chi connectivity index (χ1) is 8.11. The first-order valence-electron chi connectivity index (χ1n) is 4.83. The number of carbonyl (C=O) groups excluding carboxylic acids is 1. The van der Waals surface area contributed by atoms with E-state index in [1.54, 1.807) is 13.1 Å². The van der Waals surface area contributed by atoms with Crippen molar-refractivity contribution in [1.82, 2.24) is 14.8 Å². The second-order valence-corrected chi connectivity index (χ2v) is 3.44. The number of carbonyl (C=O) groups is 2. The summed E-state index contributed by atoms with van der Waals surface area (Å²) < 4.78 is 1.44. The summed E-state index contributed by atoms with van der Waals surface area (Å²) in [5.41, 5.74) is 1.19. The third-order valence-corrected chi connectivity index (χ3v) is 2.29. The average Bonchev–Trinajstić information content (AvgIpc) is 2.70. The van der Waals surface area contributed by atoms with Gasteiger partial charge in [0.15, 0.2) is 12.1 Å². The van der Waals surface area contributed by atoms with Gasteiger partial charge < -0.3 is 5.11 Å². The van der Waals surface area contributed by atoms with Crippen LogP contribution in [0.15, 0.2) is 24.5 Å². The molecular weight excluding hydrogens is 222 g/mol. The zero-order valence-electron chi connectivity index (χ0n) is 8.99. The van der Waals surface area contributed by atoms with Gasteiger partial charge in [0, 0.05) is 12.4 Å². The van der Waals surface area contributed by atoms with Gasteiger partial charge in [0.25, 0.3) is 0 Å². The highest BCUT2D eigenvalue weighted by atomic mass is 16.4. The Kier molecular flexibility index (Phi) is 2.70. The molecule has 2 aromatic heterocycles. The van der Waals surface area contributed by atoms with E-state index < -0.39 is 5.97 Å². The highest BCUT2D eigenvalue weighted by Gasteiger charge is 2.07. The van der Waals surface area contributed by atoms with Crippen molar-refractivity contribution in [3.8, 4) is 5.82 Å². The zero-order valence-corrected chi connectivity index (χ0v) is 8.99. The Balaban J connectivity index is 2.39. The van der Waals surface area contributed by atoms with Crippen LogP contribution in [-0.2, 0) is 0 Å². The molecule has 0 aliphatic carbocycles. The summed E-state index contributed by atoms with van der Waals surface area (Å²) >= 11 is 0. The molecule has 0 bridgehead atoms. The number of pyridine rings is 1. The van der Waals surface area contributed by atoms with Crippen LogP contribution < -0.4 is 0 Å². The highest BCUT2D eigenvalue weighted by Crippen LogP contribution is 2.09. The van der Waals surface area contributed by atoms with Gasteiger partial charge in [-0.15, -0.1) is 0 Å². The quantitative estimate of drug-likeness (QED) is 0.799. The Bertz CT molecular complexity index is 572. The molecule has 0 aliphatic heterocycles. The molecule has 0 spiro atoms. The molecule has 1 N–H and O–H groups in total. The molecule has 0 fully saturated rings. The van der Waals surface area contributed by atoms with Gasteiger partial charge >= 0.3 is 5.97 Å². The van der Waals surface area contributed by atoms with Gasteiger partial charge in [0.05, 0.1) is 16.8 Å². The van der Waals surface area contributed by atoms with Crippen LogP contribution in [0, 0.1) is 6.92 Å². The smallest absolute Gasteiger partial charge is 0.337 e. The van der Waals surface area contributed by atoms with Crippen LogP contribution in [0.5, 0.6) is 0 Å². The predicted molar refractivity (Wildman–Crippen MR) is 58.4 cm³/mol. The molecule has 6 heteroatoms. The van der Waals surface area contributed by atoms with Crippen molar-refractivity contribution in [2.24, 2.45) is 0 Å². The maximum Gasteiger partial charge on any atom is 0.337 e. The Labute approximate surface area is 96.5 Å². The largest absolute Gasteiger partial charge is 0.478 e. The number of nitrogens with zero attached hydrogens (tertiary/aromatic N) is 3. The number of hydrogen-bond acceptors (Lipinski definition) is 4. The zero-order chi connectivity index (χ0) is 12.4. The Hall–Kier alpha value is -2.50. The number of hydrogen-bond donors (Lipinski definition) is 1. The maximum atomic E-state index is 10.7. The van der Waals surface area contributed by atoms with E-state index >= 15 is 0 Å². The summed E-state index contributed by atoms with van der Waals surface area (Å²) in [5.74, 6) is -0.569. The number of aryl methyl sites for hydroxylation is 1. The molecule has 0 aromatic carbocycles. The first-order valence-corrected chi connectivity index (χ1v) is 4.83. The Morgan fingerprint density at radius 1 is 1.47 bits per heavy atom. The van der Waals surface area contributed by atoms with E-state index in [4.69, 9.17) is 5.11 Å². The Morgan fingerprint density at radius 3 is 2.71 bits per heavy atom. The van der Waals surface area contributed by atoms with E-state index in [9.17, 15) is 9.59 Å². The van der Waals surface area contributed by atoms with Crippen molar-refractivity contribution in [2.45, 2.75) is 6.92 Å². The third kappa shape index (κ3) is 2.05. The summed E-state index contributed by atoms with van der Waals surface area (Å²) in [6.07, 6.45) is 3.50. The van der Waals surface area contributed by atoms with E-state index in [-0.39, 0.29) is 5.56 Å². The van der Waals surface area contributed by atoms with Gasteiger partial charge in [0.2, 0.25) is 0 Å². The number of aromatic carboxylic acids is 1. The van der Waals surface area contributed by atoms with E-state index in [1.807, 2.05) is 0 Å². The fraction of sp³-hybridized carbons (Fsp3) is 0.0909. The van der Waals surface area contributed by atoms with Crippen LogP contribution >= 0.6 is 0 Å². The predicted octanol–water partition coefficient (Wildman–Crippen LogP) is 1.09. The summed E-state index contributed by atoms with van der Waals surface area (Å²) in [6, 6.07) is 2.97. The SMILES string of the molecule is Cc1nn(-c2ccc(C(=O)O)cn2)cc1C=O. The lowest BCUT2D eigenvalue weighted by Gasteiger charge is -1.99. The van der Waals surface area contributed by atoms with E-state index in [1.165, 1.54) is 23.0 Å². The minimum atomic E-state index is -1.03. The lowest BCUT2D eigenvalue weighted by Crippen LogP contribution is -2.01. The van der Waals surface area contributed by atoms with Crippen molar-refractivity contribution in [3.63, 3.8) is 0 Å². The molecule has 0 aliphatic rings. The number of aldehydes is 1. The fourth-order valence-electron chi connectivity index (χ4n) is 1.35. The molecular formula is C11H9N3O3. The molecule has 2 heterocycles. The second-order valence-electron chi connectivity index (χ2n) is 3.44. The minimum absolute atomic E-state index is 0.105. The number of aromatic nitrogens is 3. The molecule has 0 saturated heterocycles. The van der Waals surface area contributed by atoms with Gasteiger partial charge in [-0.25, -0.2) is 14.5 Å².